The first-order valence-electron chi connectivity index (χ1n) is 5.67. The van der Waals surface area contributed by atoms with E-state index in [1.807, 2.05) is 6.07 Å². The first-order chi connectivity index (χ1) is 7.95. The van der Waals surface area contributed by atoms with Crippen LogP contribution in [0, 0.1) is 0 Å². The Bertz CT molecular complexity index is 477. The number of halogens is 2. The quantitative estimate of drug-likeness (QED) is 0.836. The van der Waals surface area contributed by atoms with Crippen molar-refractivity contribution in [3.63, 3.8) is 0 Å². The fourth-order valence-corrected chi connectivity index (χ4v) is 3.53. The molecule has 0 unspecified atom stereocenters. The van der Waals surface area contributed by atoms with Gasteiger partial charge in [-0.2, -0.15) is 4.51 Å². The van der Waals surface area contributed by atoms with Crippen LogP contribution in [0.3, 0.4) is 0 Å². The van der Waals surface area contributed by atoms with Crippen molar-refractivity contribution in [1.29, 1.82) is 0 Å². The molecule has 0 amide bonds. The van der Waals surface area contributed by atoms with Gasteiger partial charge in [0, 0.05) is 21.8 Å². The Labute approximate surface area is 115 Å². The summed E-state index contributed by atoms with van der Waals surface area (Å²) in [4.78, 5) is 0. The first kappa shape index (κ1) is 13.1. The van der Waals surface area contributed by atoms with Crippen LogP contribution in [0.15, 0.2) is 21.1 Å². The van der Waals surface area contributed by atoms with E-state index in [4.69, 9.17) is 11.8 Å². The summed E-state index contributed by atoms with van der Waals surface area (Å²) < 4.78 is 4.77. The molecule has 0 aromatic heterocycles. The van der Waals surface area contributed by atoms with Gasteiger partial charge < -0.3 is 5.11 Å². The third-order valence-electron chi connectivity index (χ3n) is 3.14. The van der Waals surface area contributed by atoms with Crippen molar-refractivity contribution >= 4 is 33.4 Å². The zero-order valence-electron chi connectivity index (χ0n) is 9.93. The van der Waals surface area contributed by atoms with Crippen molar-refractivity contribution in [2.45, 2.75) is 38.7 Å². The van der Waals surface area contributed by atoms with Gasteiger partial charge in [0.05, 0.1) is 11.3 Å². The molecule has 1 aliphatic carbocycles. The molecule has 1 aliphatic rings. The molecule has 0 aliphatic heterocycles. The molecule has 0 fully saturated rings. The van der Waals surface area contributed by atoms with E-state index in [0.717, 1.165) is 40.6 Å². The number of benzene rings is 1. The van der Waals surface area contributed by atoms with Crippen molar-refractivity contribution in [2.75, 3.05) is 0 Å². The lowest BCUT2D eigenvalue weighted by Crippen LogP contribution is -2.20. The van der Waals surface area contributed by atoms with Crippen LogP contribution in [0.25, 0.3) is 0 Å². The van der Waals surface area contributed by atoms with Crippen molar-refractivity contribution in [2.24, 2.45) is 4.51 Å². The van der Waals surface area contributed by atoms with Crippen molar-refractivity contribution < 1.29 is 5.11 Å². The van der Waals surface area contributed by atoms with E-state index in [-0.39, 0.29) is 0 Å². The number of aliphatic hydroxyl groups is 1. The normalized spacial score (nSPS) is 18.3. The van der Waals surface area contributed by atoms with E-state index in [1.165, 1.54) is 5.56 Å². The Kier molecular flexibility index (Phi) is 3.62. The van der Waals surface area contributed by atoms with Crippen molar-refractivity contribution in [3.8, 4) is 0 Å². The standard InChI is InChI=1S/C13H15BrClNO/c1-13(2,17)9-7-6-8-4-3-5-10(16-15)11(8)12(9)14/h6-7,17H,3-5H2,1-2H3/b16-10-. The average Bonchev–Trinajstić information content (AvgIpc) is 2.27. The molecular weight excluding hydrogens is 302 g/mol. The van der Waals surface area contributed by atoms with E-state index >= 15 is 0 Å². The zero-order chi connectivity index (χ0) is 12.6. The highest BCUT2D eigenvalue weighted by atomic mass is 79.9. The Morgan fingerprint density at radius 1 is 1.35 bits per heavy atom. The lowest BCUT2D eigenvalue weighted by atomic mass is 9.86. The van der Waals surface area contributed by atoms with Crippen LogP contribution in [-0.2, 0) is 12.0 Å². The fourth-order valence-electron chi connectivity index (χ4n) is 2.26. The summed E-state index contributed by atoms with van der Waals surface area (Å²) in [6.45, 7) is 3.56. The number of hydrogen-bond donors (Lipinski definition) is 1. The molecular formula is C13H15BrClNO. The predicted molar refractivity (Wildman–Crippen MR) is 74.7 cm³/mol. The summed E-state index contributed by atoms with van der Waals surface area (Å²) in [7, 11) is 0. The minimum absolute atomic E-state index is 0.871. The van der Waals surface area contributed by atoms with Gasteiger partial charge in [-0.15, -0.1) is 0 Å². The SMILES string of the molecule is CC(C)(O)c1ccc2c(c1Br)/C(=N\Cl)CCC2. The second-order valence-corrected chi connectivity index (χ2v) is 5.87. The molecule has 0 atom stereocenters. The second kappa shape index (κ2) is 4.71. The summed E-state index contributed by atoms with van der Waals surface area (Å²) in [5, 5.41) is 10.1. The largest absolute Gasteiger partial charge is 0.386 e. The molecule has 4 heteroatoms. The molecule has 0 radical (unpaired) electrons. The summed E-state index contributed by atoms with van der Waals surface area (Å²) >= 11 is 9.24. The summed E-state index contributed by atoms with van der Waals surface area (Å²) in [6.07, 6.45) is 3.01. The summed E-state index contributed by atoms with van der Waals surface area (Å²) in [6, 6.07) is 4.04. The molecule has 2 nitrogen and oxygen atoms in total. The summed E-state index contributed by atoms with van der Waals surface area (Å²) in [5.74, 6) is 0. The minimum Gasteiger partial charge on any atom is -0.386 e. The Morgan fingerprint density at radius 3 is 2.65 bits per heavy atom. The number of rotatable bonds is 1. The van der Waals surface area contributed by atoms with E-state index in [9.17, 15) is 5.11 Å². The molecule has 17 heavy (non-hydrogen) atoms. The third kappa shape index (κ3) is 2.42. The Morgan fingerprint density at radius 2 is 2.06 bits per heavy atom. The van der Waals surface area contributed by atoms with Crippen LogP contribution in [-0.4, -0.2) is 10.8 Å². The van der Waals surface area contributed by atoms with Gasteiger partial charge >= 0.3 is 0 Å². The van der Waals surface area contributed by atoms with Gasteiger partial charge in [-0.25, -0.2) is 0 Å². The van der Waals surface area contributed by atoms with Crippen LogP contribution in [0.5, 0.6) is 0 Å². The van der Waals surface area contributed by atoms with Crippen LogP contribution in [0.1, 0.15) is 43.4 Å². The maximum Gasteiger partial charge on any atom is 0.0851 e. The third-order valence-corrected chi connectivity index (χ3v) is 4.17. The van der Waals surface area contributed by atoms with Crippen LogP contribution in [0.4, 0.5) is 0 Å². The van der Waals surface area contributed by atoms with Crippen molar-refractivity contribution in [1.82, 2.24) is 0 Å². The molecule has 0 spiro atoms. The van der Waals surface area contributed by atoms with Gasteiger partial charge in [-0.1, -0.05) is 12.1 Å². The van der Waals surface area contributed by atoms with E-state index in [1.54, 1.807) is 13.8 Å². The van der Waals surface area contributed by atoms with Gasteiger partial charge in [0.1, 0.15) is 0 Å². The number of hydrogen-bond acceptors (Lipinski definition) is 2. The van der Waals surface area contributed by atoms with Crippen LogP contribution < -0.4 is 0 Å². The van der Waals surface area contributed by atoms with Gasteiger partial charge in [0.15, 0.2) is 0 Å². The molecule has 1 N–H and O–H groups in total. The lowest BCUT2D eigenvalue weighted by molar-refractivity contribution is 0.0778. The molecule has 0 saturated carbocycles. The maximum absolute atomic E-state index is 10.1. The number of nitrogens with zero attached hydrogens (tertiary/aromatic N) is 1. The summed E-state index contributed by atoms with van der Waals surface area (Å²) in [5.41, 5.74) is 3.21. The molecule has 0 heterocycles. The highest BCUT2D eigenvalue weighted by molar-refractivity contribution is 9.10. The topological polar surface area (TPSA) is 32.6 Å². The van der Waals surface area contributed by atoms with Gasteiger partial charge in [-0.3, -0.25) is 0 Å². The predicted octanol–water partition coefficient (Wildman–Crippen LogP) is 3.96. The second-order valence-electron chi connectivity index (χ2n) is 4.91. The van der Waals surface area contributed by atoms with Gasteiger partial charge in [0.25, 0.3) is 0 Å². The Hall–Kier alpha value is -0.380. The van der Waals surface area contributed by atoms with Gasteiger partial charge in [-0.05, 0) is 60.2 Å². The fraction of sp³-hybridized carbons (Fsp3) is 0.462. The average molecular weight is 317 g/mol. The molecule has 0 bridgehead atoms. The molecule has 92 valence electrons. The van der Waals surface area contributed by atoms with Crippen LogP contribution >= 0.6 is 27.7 Å². The lowest BCUT2D eigenvalue weighted by Gasteiger charge is -2.25. The van der Waals surface area contributed by atoms with Crippen LogP contribution in [0.2, 0.25) is 0 Å². The number of aryl methyl sites for hydroxylation is 1. The van der Waals surface area contributed by atoms with Gasteiger partial charge in [0.2, 0.25) is 0 Å². The highest BCUT2D eigenvalue weighted by Gasteiger charge is 2.26. The van der Waals surface area contributed by atoms with E-state index in [2.05, 4.69) is 26.5 Å². The minimum atomic E-state index is -0.872. The highest BCUT2D eigenvalue weighted by Crippen LogP contribution is 2.36. The molecule has 1 aromatic rings. The smallest absolute Gasteiger partial charge is 0.0851 e. The molecule has 1 aromatic carbocycles. The number of fused-ring (bicyclic) bond motifs is 1. The molecule has 0 saturated heterocycles. The molecule has 2 rings (SSSR count). The monoisotopic (exact) mass is 315 g/mol. The van der Waals surface area contributed by atoms with E-state index < -0.39 is 5.60 Å². The van der Waals surface area contributed by atoms with Crippen molar-refractivity contribution in [3.05, 3.63) is 33.3 Å². The Balaban J connectivity index is 2.65. The first-order valence-corrected chi connectivity index (χ1v) is 6.80. The maximum atomic E-state index is 10.1. The van der Waals surface area contributed by atoms with E-state index in [0.29, 0.717) is 0 Å². The zero-order valence-corrected chi connectivity index (χ0v) is 12.3.